The first kappa shape index (κ1) is 12.1. The van der Waals surface area contributed by atoms with Gasteiger partial charge in [-0.1, -0.05) is 6.07 Å². The average Bonchev–Trinajstić information content (AvgIpc) is 2.29. The molecule has 17 heavy (non-hydrogen) atoms. The molecule has 1 heterocycles. The minimum absolute atomic E-state index is 0.0155. The third kappa shape index (κ3) is 2.66. The standard InChI is InChI=1S/C12H15NO3S/c1-9-2-3-10(11(14)8-9)12(15)13-4-6-17(16)7-5-13/h2-3,8,14H,4-7H2,1H3. The van der Waals surface area contributed by atoms with Gasteiger partial charge in [0.15, 0.2) is 0 Å². The predicted octanol–water partition coefficient (Wildman–Crippen LogP) is 0.905. The van der Waals surface area contributed by atoms with Gasteiger partial charge < -0.3 is 10.0 Å². The van der Waals surface area contributed by atoms with Crippen molar-refractivity contribution in [2.75, 3.05) is 24.6 Å². The van der Waals surface area contributed by atoms with Gasteiger partial charge >= 0.3 is 0 Å². The molecule has 5 heteroatoms. The second-order valence-electron chi connectivity index (χ2n) is 4.16. The maximum Gasteiger partial charge on any atom is 0.257 e. The van der Waals surface area contributed by atoms with Gasteiger partial charge in [-0.3, -0.25) is 9.00 Å². The van der Waals surface area contributed by atoms with Crippen LogP contribution in [0.15, 0.2) is 18.2 Å². The van der Waals surface area contributed by atoms with Gasteiger partial charge in [-0.25, -0.2) is 0 Å². The Morgan fingerprint density at radius 3 is 2.59 bits per heavy atom. The summed E-state index contributed by atoms with van der Waals surface area (Å²) in [6.45, 7) is 2.86. The van der Waals surface area contributed by atoms with E-state index in [0.29, 0.717) is 30.2 Å². The van der Waals surface area contributed by atoms with Crippen LogP contribution in [0.1, 0.15) is 15.9 Å². The van der Waals surface area contributed by atoms with Crippen molar-refractivity contribution in [2.45, 2.75) is 6.92 Å². The zero-order chi connectivity index (χ0) is 12.4. The van der Waals surface area contributed by atoms with E-state index in [0.717, 1.165) is 5.56 Å². The number of carbonyl (C=O) groups excluding carboxylic acids is 1. The number of nitrogens with zero attached hydrogens (tertiary/aromatic N) is 1. The van der Waals surface area contributed by atoms with E-state index >= 15 is 0 Å². The monoisotopic (exact) mass is 253 g/mol. The fraction of sp³-hybridized carbons (Fsp3) is 0.417. The van der Waals surface area contributed by atoms with Crippen LogP contribution in [0.2, 0.25) is 0 Å². The molecular weight excluding hydrogens is 238 g/mol. The van der Waals surface area contributed by atoms with E-state index in [1.807, 2.05) is 6.92 Å². The van der Waals surface area contributed by atoms with Crippen molar-refractivity contribution < 1.29 is 14.1 Å². The molecule has 4 nitrogen and oxygen atoms in total. The summed E-state index contributed by atoms with van der Waals surface area (Å²) < 4.78 is 11.2. The second-order valence-corrected chi connectivity index (χ2v) is 5.86. The molecule has 1 N–H and O–H groups in total. The summed E-state index contributed by atoms with van der Waals surface area (Å²) in [7, 11) is -0.799. The number of phenols is 1. The Hall–Kier alpha value is -1.36. The molecule has 1 aromatic rings. The number of hydrogen-bond acceptors (Lipinski definition) is 3. The highest BCUT2D eigenvalue weighted by Crippen LogP contribution is 2.20. The van der Waals surface area contributed by atoms with Gasteiger partial charge in [-0.2, -0.15) is 0 Å². The Labute approximate surface area is 103 Å². The molecule has 0 saturated carbocycles. The smallest absolute Gasteiger partial charge is 0.257 e. The van der Waals surface area contributed by atoms with Crippen LogP contribution in [-0.4, -0.2) is 44.7 Å². The van der Waals surface area contributed by atoms with Crippen molar-refractivity contribution in [1.29, 1.82) is 0 Å². The van der Waals surface area contributed by atoms with Crippen LogP contribution >= 0.6 is 0 Å². The number of aromatic hydroxyl groups is 1. The molecule has 0 unspecified atom stereocenters. The van der Waals surface area contributed by atoms with E-state index in [1.165, 1.54) is 0 Å². The lowest BCUT2D eigenvalue weighted by Gasteiger charge is -2.26. The molecule has 1 fully saturated rings. The lowest BCUT2D eigenvalue weighted by Crippen LogP contribution is -2.41. The second kappa shape index (κ2) is 4.87. The lowest BCUT2D eigenvalue weighted by atomic mass is 10.1. The normalized spacial score (nSPS) is 17.1. The maximum absolute atomic E-state index is 12.1. The molecule has 1 amide bonds. The van der Waals surface area contributed by atoms with Gasteiger partial charge in [0.25, 0.3) is 5.91 Å². The van der Waals surface area contributed by atoms with Gasteiger partial charge in [-0.05, 0) is 24.6 Å². The summed E-state index contributed by atoms with van der Waals surface area (Å²) in [6, 6.07) is 5.02. The molecule has 0 bridgehead atoms. The highest BCUT2D eigenvalue weighted by Gasteiger charge is 2.22. The summed E-state index contributed by atoms with van der Waals surface area (Å²) in [4.78, 5) is 13.8. The van der Waals surface area contributed by atoms with Crippen molar-refractivity contribution >= 4 is 16.7 Å². The summed E-state index contributed by atoms with van der Waals surface area (Å²) in [5.74, 6) is 0.886. The average molecular weight is 253 g/mol. The molecule has 1 aromatic carbocycles. The van der Waals surface area contributed by atoms with Crippen molar-refractivity contribution in [3.8, 4) is 5.75 Å². The summed E-state index contributed by atoms with van der Waals surface area (Å²) >= 11 is 0. The fourth-order valence-corrected chi connectivity index (χ4v) is 2.89. The van der Waals surface area contributed by atoms with E-state index in [1.54, 1.807) is 23.1 Å². The number of carbonyl (C=O) groups is 1. The highest BCUT2D eigenvalue weighted by molar-refractivity contribution is 7.85. The molecule has 92 valence electrons. The highest BCUT2D eigenvalue weighted by atomic mass is 32.2. The van der Waals surface area contributed by atoms with Gasteiger partial charge in [-0.15, -0.1) is 0 Å². The number of hydrogen-bond donors (Lipinski definition) is 1. The molecule has 2 rings (SSSR count). The molecule has 1 aliphatic heterocycles. The number of rotatable bonds is 1. The Balaban J connectivity index is 2.16. The Bertz CT molecular complexity index is 463. The summed E-state index contributed by atoms with van der Waals surface area (Å²) in [5, 5.41) is 9.74. The first-order chi connectivity index (χ1) is 8.08. The summed E-state index contributed by atoms with van der Waals surface area (Å²) in [5.41, 5.74) is 1.24. The van der Waals surface area contributed by atoms with Crippen LogP contribution in [-0.2, 0) is 10.8 Å². The van der Waals surface area contributed by atoms with E-state index in [9.17, 15) is 14.1 Å². The number of aryl methyl sites for hydroxylation is 1. The quantitative estimate of drug-likeness (QED) is 0.809. The van der Waals surface area contributed by atoms with E-state index in [-0.39, 0.29) is 11.7 Å². The first-order valence-electron chi connectivity index (χ1n) is 5.52. The maximum atomic E-state index is 12.1. The molecular formula is C12H15NO3S. The predicted molar refractivity (Wildman–Crippen MR) is 66.6 cm³/mol. The van der Waals surface area contributed by atoms with Gasteiger partial charge in [0.05, 0.1) is 5.56 Å². The molecule has 0 aromatic heterocycles. The number of amides is 1. The van der Waals surface area contributed by atoms with Crippen LogP contribution in [0.4, 0.5) is 0 Å². The van der Waals surface area contributed by atoms with Crippen LogP contribution in [0.25, 0.3) is 0 Å². The number of benzene rings is 1. The Kier molecular flexibility index (Phi) is 3.47. The van der Waals surface area contributed by atoms with Crippen molar-refractivity contribution in [3.05, 3.63) is 29.3 Å². The van der Waals surface area contributed by atoms with Gasteiger partial charge in [0, 0.05) is 35.4 Å². The summed E-state index contributed by atoms with van der Waals surface area (Å²) in [6.07, 6.45) is 0. The van der Waals surface area contributed by atoms with Crippen molar-refractivity contribution in [3.63, 3.8) is 0 Å². The molecule has 1 saturated heterocycles. The van der Waals surface area contributed by atoms with Crippen LogP contribution in [0.3, 0.4) is 0 Å². The van der Waals surface area contributed by atoms with Gasteiger partial charge in [0.2, 0.25) is 0 Å². The first-order valence-corrected chi connectivity index (χ1v) is 7.00. The largest absolute Gasteiger partial charge is 0.507 e. The van der Waals surface area contributed by atoms with Crippen LogP contribution in [0, 0.1) is 6.92 Å². The molecule has 0 aliphatic carbocycles. The molecule has 0 radical (unpaired) electrons. The van der Waals surface area contributed by atoms with E-state index < -0.39 is 10.8 Å². The minimum Gasteiger partial charge on any atom is -0.507 e. The minimum atomic E-state index is -0.799. The zero-order valence-corrected chi connectivity index (χ0v) is 10.5. The van der Waals surface area contributed by atoms with E-state index in [2.05, 4.69) is 0 Å². The number of phenolic OH excluding ortho intramolecular Hbond substituents is 1. The van der Waals surface area contributed by atoms with Crippen molar-refractivity contribution in [2.24, 2.45) is 0 Å². The Morgan fingerprint density at radius 2 is 2.00 bits per heavy atom. The molecule has 0 atom stereocenters. The lowest BCUT2D eigenvalue weighted by molar-refractivity contribution is 0.0768. The van der Waals surface area contributed by atoms with Crippen LogP contribution in [0.5, 0.6) is 5.75 Å². The molecule has 1 aliphatic rings. The van der Waals surface area contributed by atoms with Gasteiger partial charge in [0.1, 0.15) is 5.75 Å². The topological polar surface area (TPSA) is 57.6 Å². The molecule has 0 spiro atoms. The van der Waals surface area contributed by atoms with Crippen molar-refractivity contribution in [1.82, 2.24) is 4.90 Å². The Morgan fingerprint density at radius 1 is 1.35 bits per heavy atom. The fourth-order valence-electron chi connectivity index (χ4n) is 1.83. The van der Waals surface area contributed by atoms with E-state index in [4.69, 9.17) is 0 Å². The zero-order valence-electron chi connectivity index (χ0n) is 9.68. The SMILES string of the molecule is Cc1ccc(C(=O)N2CCS(=O)CC2)c(O)c1. The van der Waals surface area contributed by atoms with Crippen LogP contribution < -0.4 is 0 Å². The third-order valence-corrected chi connectivity index (χ3v) is 4.12. The third-order valence-electron chi connectivity index (χ3n) is 2.85.